The molecule has 9 nitrogen and oxygen atoms in total. The maximum Gasteiger partial charge on any atom is 0.241 e. The van der Waals surface area contributed by atoms with Gasteiger partial charge >= 0.3 is 0 Å². The van der Waals surface area contributed by atoms with Crippen LogP contribution in [0.1, 0.15) is 26.2 Å². The van der Waals surface area contributed by atoms with Crippen LogP contribution in [0, 0.1) is 0 Å². The van der Waals surface area contributed by atoms with Gasteiger partial charge in [0, 0.05) is 31.9 Å². The van der Waals surface area contributed by atoms with Crippen LogP contribution in [-0.4, -0.2) is 73.2 Å². The van der Waals surface area contributed by atoms with Crippen molar-refractivity contribution < 1.29 is 14.3 Å². The molecule has 1 atom stereocenters. The number of hydrogen-bond donors (Lipinski definition) is 2. The van der Waals surface area contributed by atoms with Crippen LogP contribution >= 0.6 is 0 Å². The summed E-state index contributed by atoms with van der Waals surface area (Å²) in [7, 11) is 2.13. The number of benzene rings is 2. The molecule has 0 saturated carbocycles. The van der Waals surface area contributed by atoms with Crippen LogP contribution in [0.5, 0.6) is 17.4 Å². The van der Waals surface area contributed by atoms with Crippen LogP contribution in [-0.2, 0) is 4.79 Å². The lowest BCUT2D eigenvalue weighted by Gasteiger charge is -2.32. The number of amides is 1. The molecule has 1 aromatic heterocycles. The number of ether oxygens (including phenoxy) is 2. The second-order valence-corrected chi connectivity index (χ2v) is 9.41. The highest BCUT2D eigenvalue weighted by atomic mass is 16.5. The van der Waals surface area contributed by atoms with E-state index in [0.29, 0.717) is 29.9 Å². The van der Waals surface area contributed by atoms with E-state index in [9.17, 15) is 4.79 Å². The van der Waals surface area contributed by atoms with E-state index in [4.69, 9.17) is 19.4 Å². The Morgan fingerprint density at radius 3 is 2.58 bits per heavy atom. The van der Waals surface area contributed by atoms with Gasteiger partial charge in [0.25, 0.3) is 0 Å². The fourth-order valence-corrected chi connectivity index (χ4v) is 4.47. The summed E-state index contributed by atoms with van der Waals surface area (Å²) >= 11 is 0. The molecule has 5 rings (SSSR count). The van der Waals surface area contributed by atoms with Gasteiger partial charge < -0.3 is 29.9 Å². The normalized spacial score (nSPS) is 18.4. The molecule has 1 amide bonds. The number of carbonyl (C=O) groups is 1. The van der Waals surface area contributed by atoms with Gasteiger partial charge in [-0.25, -0.2) is 4.98 Å². The van der Waals surface area contributed by atoms with Crippen molar-refractivity contribution in [3.8, 4) is 17.4 Å². The van der Waals surface area contributed by atoms with Gasteiger partial charge in [0.1, 0.15) is 11.5 Å². The Labute approximate surface area is 211 Å². The summed E-state index contributed by atoms with van der Waals surface area (Å²) in [6.45, 7) is 7.31. The molecular formula is C27H34N6O3. The number of rotatable bonds is 8. The first kappa shape index (κ1) is 24.3. The third kappa shape index (κ3) is 5.68. The highest BCUT2D eigenvalue weighted by molar-refractivity contribution is 5.95. The van der Waals surface area contributed by atoms with E-state index in [1.54, 1.807) is 0 Å². The number of hydrogen-bond acceptors (Lipinski definition) is 8. The number of likely N-dealkylation sites (N-methyl/N-ethyl adjacent to an activating group) is 1. The second kappa shape index (κ2) is 11.1. The minimum Gasteiger partial charge on any atom is -0.477 e. The zero-order chi connectivity index (χ0) is 24.9. The van der Waals surface area contributed by atoms with Gasteiger partial charge in [0.05, 0.1) is 23.6 Å². The van der Waals surface area contributed by atoms with Gasteiger partial charge in [0.15, 0.2) is 0 Å². The molecule has 0 bridgehead atoms. The quantitative estimate of drug-likeness (QED) is 0.494. The lowest BCUT2D eigenvalue weighted by molar-refractivity contribution is -0.117. The molecule has 0 unspecified atom stereocenters. The average molecular weight is 491 g/mol. The molecule has 0 spiro atoms. The number of nitrogens with zero attached hydrogens (tertiary/aromatic N) is 4. The molecular weight excluding hydrogens is 456 g/mol. The Bertz CT molecular complexity index is 1190. The van der Waals surface area contributed by atoms with Crippen molar-refractivity contribution in [3.63, 3.8) is 0 Å². The Hall–Kier alpha value is -3.43. The van der Waals surface area contributed by atoms with E-state index >= 15 is 0 Å². The van der Waals surface area contributed by atoms with E-state index < -0.39 is 0 Å². The molecule has 2 saturated heterocycles. The summed E-state index contributed by atoms with van der Waals surface area (Å²) in [5, 5.41) is 7.00. The topological polar surface area (TPSA) is 91.8 Å². The fraction of sp³-hybridized carbons (Fsp3) is 0.444. The lowest BCUT2D eigenvalue weighted by Crippen LogP contribution is -2.45. The van der Waals surface area contributed by atoms with E-state index in [1.807, 2.05) is 42.5 Å². The number of nitrogens with one attached hydrogen (secondary N) is 2. The fourth-order valence-electron chi connectivity index (χ4n) is 4.47. The molecule has 2 aliphatic rings. The second-order valence-electron chi connectivity index (χ2n) is 9.41. The first-order chi connectivity index (χ1) is 17.6. The Kier molecular flexibility index (Phi) is 7.48. The van der Waals surface area contributed by atoms with Crippen LogP contribution in [0.15, 0.2) is 42.5 Å². The number of anilines is 2. The van der Waals surface area contributed by atoms with Gasteiger partial charge in [-0.1, -0.05) is 6.92 Å². The summed E-state index contributed by atoms with van der Waals surface area (Å²) in [6, 6.07) is 13.1. The summed E-state index contributed by atoms with van der Waals surface area (Å²) in [6.07, 6.45) is 2.80. The number of fused-ring (bicyclic) bond motifs is 1. The van der Waals surface area contributed by atoms with E-state index in [-0.39, 0.29) is 11.9 Å². The lowest BCUT2D eigenvalue weighted by atomic mass is 10.2. The third-order valence-corrected chi connectivity index (χ3v) is 6.58. The third-order valence-electron chi connectivity index (χ3n) is 6.58. The van der Waals surface area contributed by atoms with Gasteiger partial charge in [-0.3, -0.25) is 4.79 Å². The molecule has 2 N–H and O–H groups in total. The molecule has 2 fully saturated rings. The van der Waals surface area contributed by atoms with Crippen molar-refractivity contribution in [1.82, 2.24) is 20.2 Å². The first-order valence-electron chi connectivity index (χ1n) is 12.8. The molecule has 190 valence electrons. The van der Waals surface area contributed by atoms with Gasteiger partial charge in [0.2, 0.25) is 17.7 Å². The van der Waals surface area contributed by atoms with Gasteiger partial charge in [-0.15, -0.1) is 0 Å². The average Bonchev–Trinajstić information content (AvgIpc) is 3.44. The predicted octanol–water partition coefficient (Wildman–Crippen LogP) is 3.65. The first-order valence-corrected chi connectivity index (χ1v) is 12.8. The predicted molar refractivity (Wildman–Crippen MR) is 141 cm³/mol. The molecule has 36 heavy (non-hydrogen) atoms. The van der Waals surface area contributed by atoms with Crippen molar-refractivity contribution in [2.45, 2.75) is 32.2 Å². The highest BCUT2D eigenvalue weighted by Crippen LogP contribution is 2.32. The van der Waals surface area contributed by atoms with E-state index in [0.717, 1.165) is 68.6 Å². The van der Waals surface area contributed by atoms with Crippen molar-refractivity contribution >= 4 is 28.4 Å². The van der Waals surface area contributed by atoms with Crippen molar-refractivity contribution in [3.05, 3.63) is 42.5 Å². The molecule has 2 aliphatic heterocycles. The summed E-state index contributed by atoms with van der Waals surface area (Å²) in [4.78, 5) is 26.5. The molecule has 9 heteroatoms. The zero-order valence-electron chi connectivity index (χ0n) is 21.0. The van der Waals surface area contributed by atoms with Crippen LogP contribution in [0.4, 0.5) is 11.6 Å². The standard InChI is InChI=1S/C27H34N6O3/c1-3-17-35-26-22-18-21(10-11-23(22)30-27(31-26)33-15-13-32(2)14-16-33)36-20-8-6-19(7-9-20)29-25(34)24-5-4-12-28-24/h6-11,18,24,28H,3-5,12-17H2,1-2H3,(H,29,34)/t24-/m0/s1. The van der Waals surface area contributed by atoms with Crippen LogP contribution in [0.3, 0.4) is 0 Å². The maximum absolute atomic E-state index is 12.3. The summed E-state index contributed by atoms with van der Waals surface area (Å²) in [5.41, 5.74) is 1.58. The van der Waals surface area contributed by atoms with Crippen molar-refractivity contribution in [2.75, 3.05) is 56.6 Å². The highest BCUT2D eigenvalue weighted by Gasteiger charge is 2.22. The van der Waals surface area contributed by atoms with Gasteiger partial charge in [-0.2, -0.15) is 4.98 Å². The largest absolute Gasteiger partial charge is 0.477 e. The van der Waals surface area contributed by atoms with Gasteiger partial charge in [-0.05, 0) is 75.3 Å². The van der Waals surface area contributed by atoms with Crippen LogP contribution in [0.25, 0.3) is 10.9 Å². The molecule has 0 aliphatic carbocycles. The Morgan fingerprint density at radius 2 is 1.86 bits per heavy atom. The minimum absolute atomic E-state index is 0.00579. The maximum atomic E-state index is 12.3. The zero-order valence-corrected chi connectivity index (χ0v) is 21.0. The number of aromatic nitrogens is 2. The summed E-state index contributed by atoms with van der Waals surface area (Å²) in [5.74, 6) is 2.65. The monoisotopic (exact) mass is 490 g/mol. The molecule has 3 aromatic rings. The Morgan fingerprint density at radius 1 is 1.08 bits per heavy atom. The summed E-state index contributed by atoms with van der Waals surface area (Å²) < 4.78 is 12.1. The smallest absolute Gasteiger partial charge is 0.241 e. The molecule has 2 aromatic carbocycles. The molecule has 0 radical (unpaired) electrons. The number of piperazine rings is 1. The molecule has 3 heterocycles. The number of carbonyl (C=O) groups excluding carboxylic acids is 1. The van der Waals surface area contributed by atoms with E-state index in [2.05, 4.69) is 34.4 Å². The van der Waals surface area contributed by atoms with Crippen LogP contribution in [0.2, 0.25) is 0 Å². The van der Waals surface area contributed by atoms with Crippen molar-refractivity contribution in [1.29, 1.82) is 0 Å². The van der Waals surface area contributed by atoms with Crippen LogP contribution < -0.4 is 25.0 Å². The SMILES string of the molecule is CCCOc1nc(N2CCN(C)CC2)nc2ccc(Oc3ccc(NC(=O)[C@@H]4CCCN4)cc3)cc12. The Balaban J connectivity index is 1.32. The van der Waals surface area contributed by atoms with Crippen molar-refractivity contribution in [2.24, 2.45) is 0 Å². The van der Waals surface area contributed by atoms with E-state index in [1.165, 1.54) is 0 Å². The minimum atomic E-state index is -0.110.